The summed E-state index contributed by atoms with van der Waals surface area (Å²) in [6.45, 7) is 0. The van der Waals surface area contributed by atoms with E-state index in [1.807, 2.05) is 12.1 Å². The van der Waals surface area contributed by atoms with Gasteiger partial charge in [0.15, 0.2) is 0 Å². The van der Waals surface area contributed by atoms with Crippen molar-refractivity contribution < 1.29 is 9.50 Å². The SMILES string of the molecule is OC1(Cc2ccc(Br)cc2F)CC2CC1C1CCCC21. The van der Waals surface area contributed by atoms with E-state index in [4.69, 9.17) is 0 Å². The summed E-state index contributed by atoms with van der Waals surface area (Å²) in [4.78, 5) is 0. The Morgan fingerprint density at radius 2 is 2.10 bits per heavy atom. The van der Waals surface area contributed by atoms with Crippen LogP contribution >= 0.6 is 15.9 Å². The van der Waals surface area contributed by atoms with E-state index in [1.165, 1.54) is 31.7 Å². The molecule has 108 valence electrons. The van der Waals surface area contributed by atoms with E-state index in [0.29, 0.717) is 29.7 Å². The summed E-state index contributed by atoms with van der Waals surface area (Å²) >= 11 is 3.29. The molecule has 0 spiro atoms. The normalized spacial score (nSPS) is 42.1. The van der Waals surface area contributed by atoms with Crippen molar-refractivity contribution in [1.82, 2.24) is 0 Å². The van der Waals surface area contributed by atoms with E-state index in [1.54, 1.807) is 0 Å². The molecule has 0 radical (unpaired) electrons. The molecule has 3 aliphatic carbocycles. The number of rotatable bonds is 2. The molecule has 1 aromatic carbocycles. The quantitative estimate of drug-likeness (QED) is 0.851. The second kappa shape index (κ2) is 4.54. The van der Waals surface area contributed by atoms with Crippen LogP contribution in [0.25, 0.3) is 0 Å². The monoisotopic (exact) mass is 338 g/mol. The third-order valence-corrected chi connectivity index (χ3v) is 6.61. The molecule has 4 rings (SSSR count). The fourth-order valence-electron chi connectivity index (χ4n) is 5.43. The van der Waals surface area contributed by atoms with Gasteiger partial charge in [-0.2, -0.15) is 0 Å². The highest BCUT2D eigenvalue weighted by molar-refractivity contribution is 9.10. The average Bonchev–Trinajstić information content (AvgIpc) is 3.03. The third kappa shape index (κ3) is 1.89. The summed E-state index contributed by atoms with van der Waals surface area (Å²) in [6.07, 6.45) is 6.49. The lowest BCUT2D eigenvalue weighted by Crippen LogP contribution is -2.43. The van der Waals surface area contributed by atoms with Crippen LogP contribution in [0.4, 0.5) is 4.39 Å². The lowest BCUT2D eigenvalue weighted by Gasteiger charge is -2.39. The highest BCUT2D eigenvalue weighted by Gasteiger charge is 2.60. The van der Waals surface area contributed by atoms with Gasteiger partial charge >= 0.3 is 0 Å². The number of fused-ring (bicyclic) bond motifs is 5. The Kier molecular flexibility index (Phi) is 3.01. The molecule has 5 unspecified atom stereocenters. The van der Waals surface area contributed by atoms with Gasteiger partial charge in [0.25, 0.3) is 0 Å². The maximum Gasteiger partial charge on any atom is 0.127 e. The van der Waals surface area contributed by atoms with Crippen LogP contribution in [0.15, 0.2) is 22.7 Å². The first-order valence-corrected chi connectivity index (χ1v) is 8.52. The predicted molar refractivity (Wildman–Crippen MR) is 79.8 cm³/mol. The molecule has 3 fully saturated rings. The molecular weight excluding hydrogens is 319 g/mol. The van der Waals surface area contributed by atoms with Crippen molar-refractivity contribution in [3.8, 4) is 0 Å². The van der Waals surface area contributed by atoms with Crippen molar-refractivity contribution in [2.45, 2.75) is 44.1 Å². The van der Waals surface area contributed by atoms with Gasteiger partial charge in [-0.05, 0) is 67.1 Å². The Hall–Kier alpha value is -0.410. The molecule has 5 atom stereocenters. The van der Waals surface area contributed by atoms with E-state index in [0.717, 1.165) is 16.8 Å². The molecule has 2 bridgehead atoms. The topological polar surface area (TPSA) is 20.2 Å². The van der Waals surface area contributed by atoms with Gasteiger partial charge in [-0.1, -0.05) is 28.4 Å². The second-order valence-electron chi connectivity index (χ2n) is 7.08. The van der Waals surface area contributed by atoms with Crippen molar-refractivity contribution in [3.63, 3.8) is 0 Å². The van der Waals surface area contributed by atoms with Gasteiger partial charge in [0.2, 0.25) is 0 Å². The van der Waals surface area contributed by atoms with Crippen LogP contribution in [0.5, 0.6) is 0 Å². The van der Waals surface area contributed by atoms with Crippen LogP contribution < -0.4 is 0 Å². The number of hydrogen-bond donors (Lipinski definition) is 1. The zero-order chi connectivity index (χ0) is 13.9. The zero-order valence-corrected chi connectivity index (χ0v) is 13.1. The lowest BCUT2D eigenvalue weighted by molar-refractivity contribution is -0.0455. The van der Waals surface area contributed by atoms with Gasteiger partial charge in [0.1, 0.15) is 5.82 Å². The number of aliphatic hydroxyl groups is 1. The zero-order valence-electron chi connectivity index (χ0n) is 11.5. The molecule has 0 aliphatic heterocycles. The van der Waals surface area contributed by atoms with Gasteiger partial charge < -0.3 is 5.11 Å². The maximum atomic E-state index is 14.0. The van der Waals surface area contributed by atoms with E-state index in [-0.39, 0.29) is 5.82 Å². The summed E-state index contributed by atoms with van der Waals surface area (Å²) in [5.74, 6) is 2.46. The minimum Gasteiger partial charge on any atom is -0.389 e. The molecular formula is C17H20BrFO. The fraction of sp³-hybridized carbons (Fsp3) is 0.647. The molecule has 0 amide bonds. The number of hydrogen-bond acceptors (Lipinski definition) is 1. The van der Waals surface area contributed by atoms with Crippen molar-refractivity contribution in [2.24, 2.45) is 23.7 Å². The molecule has 3 aliphatic rings. The first kappa shape index (κ1) is 13.3. The summed E-state index contributed by atoms with van der Waals surface area (Å²) in [6, 6.07) is 5.19. The van der Waals surface area contributed by atoms with E-state index < -0.39 is 5.60 Å². The van der Waals surface area contributed by atoms with Crippen LogP contribution in [0.3, 0.4) is 0 Å². The summed E-state index contributed by atoms with van der Waals surface area (Å²) < 4.78 is 14.8. The van der Waals surface area contributed by atoms with Crippen molar-refractivity contribution in [3.05, 3.63) is 34.1 Å². The van der Waals surface area contributed by atoms with E-state index in [9.17, 15) is 9.50 Å². The fourth-order valence-corrected chi connectivity index (χ4v) is 5.77. The summed E-state index contributed by atoms with van der Waals surface area (Å²) in [5, 5.41) is 11.1. The Morgan fingerprint density at radius 1 is 1.30 bits per heavy atom. The Labute approximate surface area is 127 Å². The Bertz CT molecular complexity index is 546. The minimum atomic E-state index is -0.662. The predicted octanol–water partition coefficient (Wildman–Crippen LogP) is 4.32. The van der Waals surface area contributed by atoms with Gasteiger partial charge in [0.05, 0.1) is 5.60 Å². The standard InChI is InChI=1S/C17H20BrFO/c18-12-5-4-10(16(19)7-12)8-17(20)9-11-6-15(17)14-3-1-2-13(11)14/h4-5,7,11,13-15,20H,1-3,6,8-9H2. The highest BCUT2D eigenvalue weighted by atomic mass is 79.9. The Morgan fingerprint density at radius 3 is 2.90 bits per heavy atom. The average molecular weight is 339 g/mol. The van der Waals surface area contributed by atoms with Crippen molar-refractivity contribution in [2.75, 3.05) is 0 Å². The number of halogens is 2. The molecule has 3 heteroatoms. The van der Waals surface area contributed by atoms with Gasteiger partial charge in [-0.25, -0.2) is 4.39 Å². The molecule has 1 nitrogen and oxygen atoms in total. The highest BCUT2D eigenvalue weighted by Crippen LogP contribution is 2.62. The molecule has 20 heavy (non-hydrogen) atoms. The van der Waals surface area contributed by atoms with Gasteiger partial charge in [-0.3, -0.25) is 0 Å². The van der Waals surface area contributed by atoms with Crippen LogP contribution in [-0.4, -0.2) is 10.7 Å². The first-order chi connectivity index (χ1) is 9.57. The van der Waals surface area contributed by atoms with Gasteiger partial charge in [-0.15, -0.1) is 0 Å². The van der Waals surface area contributed by atoms with E-state index >= 15 is 0 Å². The van der Waals surface area contributed by atoms with Crippen LogP contribution in [0.1, 0.15) is 37.7 Å². The minimum absolute atomic E-state index is 0.196. The summed E-state index contributed by atoms with van der Waals surface area (Å²) in [7, 11) is 0. The van der Waals surface area contributed by atoms with Crippen LogP contribution in [0.2, 0.25) is 0 Å². The van der Waals surface area contributed by atoms with Crippen molar-refractivity contribution in [1.29, 1.82) is 0 Å². The summed E-state index contributed by atoms with van der Waals surface area (Å²) in [5.41, 5.74) is 0.00276. The molecule has 0 aromatic heterocycles. The molecule has 1 N–H and O–H groups in total. The van der Waals surface area contributed by atoms with E-state index in [2.05, 4.69) is 15.9 Å². The first-order valence-electron chi connectivity index (χ1n) is 7.73. The van der Waals surface area contributed by atoms with Gasteiger partial charge in [0, 0.05) is 10.9 Å². The second-order valence-corrected chi connectivity index (χ2v) is 8.00. The molecule has 1 aromatic rings. The molecule has 0 saturated heterocycles. The van der Waals surface area contributed by atoms with Crippen LogP contribution in [-0.2, 0) is 6.42 Å². The van der Waals surface area contributed by atoms with Crippen molar-refractivity contribution >= 4 is 15.9 Å². The number of benzene rings is 1. The van der Waals surface area contributed by atoms with Crippen LogP contribution in [0, 0.1) is 29.5 Å². The molecule has 0 heterocycles. The maximum absolute atomic E-state index is 14.0. The molecule has 3 saturated carbocycles. The lowest BCUT2D eigenvalue weighted by atomic mass is 9.70. The third-order valence-electron chi connectivity index (χ3n) is 6.12. The largest absolute Gasteiger partial charge is 0.389 e. The Balaban J connectivity index is 1.60. The smallest absolute Gasteiger partial charge is 0.127 e.